The lowest BCUT2D eigenvalue weighted by Gasteiger charge is -2.24. The Kier molecular flexibility index (Phi) is 7.38. The summed E-state index contributed by atoms with van der Waals surface area (Å²) in [6, 6.07) is 16.9. The molecule has 0 aliphatic carbocycles. The third kappa shape index (κ3) is 5.27. The third-order valence-electron chi connectivity index (χ3n) is 4.91. The fourth-order valence-corrected chi connectivity index (χ4v) is 5.43. The van der Waals surface area contributed by atoms with Crippen molar-refractivity contribution in [3.8, 4) is 0 Å². The predicted molar refractivity (Wildman–Crippen MR) is 127 cm³/mol. The number of halogens is 1. The minimum absolute atomic E-state index is 0.00106. The second kappa shape index (κ2) is 9.82. The SMILES string of the molecule is CN(C)[C@@H](CNC(=O)c1cc(S(=O)(=O)N(C)c2ccccc2)ccc1Cl)c1cccs1. The predicted octanol–water partition coefficient (Wildman–Crippen LogP) is 4.26. The van der Waals surface area contributed by atoms with Gasteiger partial charge in [-0.1, -0.05) is 35.9 Å². The van der Waals surface area contributed by atoms with E-state index in [-0.39, 0.29) is 21.5 Å². The summed E-state index contributed by atoms with van der Waals surface area (Å²) in [6.07, 6.45) is 0. The highest BCUT2D eigenvalue weighted by Crippen LogP contribution is 2.26. The first-order valence-electron chi connectivity index (χ1n) is 9.53. The van der Waals surface area contributed by atoms with Gasteiger partial charge in [0.25, 0.3) is 15.9 Å². The average molecular weight is 478 g/mol. The van der Waals surface area contributed by atoms with Crippen LogP contribution in [0.25, 0.3) is 0 Å². The van der Waals surface area contributed by atoms with Crippen molar-refractivity contribution >= 4 is 44.6 Å². The Labute approximate surface area is 192 Å². The second-order valence-corrected chi connectivity index (χ2v) is 10.5. The van der Waals surface area contributed by atoms with E-state index in [2.05, 4.69) is 5.32 Å². The highest BCUT2D eigenvalue weighted by Gasteiger charge is 2.24. The first kappa shape index (κ1) is 23.3. The standard InChI is InChI=1S/C22H24ClN3O3S2/c1-25(2)20(21-10-7-13-30-21)15-24-22(27)18-14-17(11-12-19(18)23)31(28,29)26(3)16-8-5-4-6-9-16/h4-14,20H,15H2,1-3H3,(H,24,27)/t20-/m0/s1. The van der Waals surface area contributed by atoms with Crippen LogP contribution in [0.2, 0.25) is 5.02 Å². The summed E-state index contributed by atoms with van der Waals surface area (Å²) in [5.74, 6) is -0.423. The molecule has 1 atom stereocenters. The van der Waals surface area contributed by atoms with Crippen molar-refractivity contribution in [3.63, 3.8) is 0 Å². The molecular formula is C22H24ClN3O3S2. The lowest BCUT2D eigenvalue weighted by atomic mass is 10.2. The molecule has 0 fully saturated rings. The lowest BCUT2D eigenvalue weighted by molar-refractivity contribution is 0.0942. The van der Waals surface area contributed by atoms with Crippen LogP contribution in [0.1, 0.15) is 21.3 Å². The number of hydrogen-bond donors (Lipinski definition) is 1. The van der Waals surface area contributed by atoms with Gasteiger partial charge in [0.1, 0.15) is 0 Å². The van der Waals surface area contributed by atoms with Gasteiger partial charge in [-0.3, -0.25) is 9.10 Å². The minimum Gasteiger partial charge on any atom is -0.350 e. The Morgan fingerprint density at radius 2 is 1.77 bits per heavy atom. The summed E-state index contributed by atoms with van der Waals surface area (Å²) in [5.41, 5.74) is 0.640. The molecule has 0 bridgehead atoms. The van der Waals surface area contributed by atoms with E-state index in [1.165, 1.54) is 29.6 Å². The van der Waals surface area contributed by atoms with Gasteiger partial charge in [-0.25, -0.2) is 8.42 Å². The molecule has 0 saturated carbocycles. The summed E-state index contributed by atoms with van der Waals surface area (Å²) >= 11 is 7.85. The zero-order valence-corrected chi connectivity index (χ0v) is 19.8. The number of anilines is 1. The number of carbonyl (C=O) groups excluding carboxylic acids is 1. The van der Waals surface area contributed by atoms with Crippen molar-refractivity contribution in [1.29, 1.82) is 0 Å². The number of nitrogens with one attached hydrogen (secondary N) is 1. The molecule has 3 aromatic rings. The molecule has 0 unspecified atom stereocenters. The van der Waals surface area contributed by atoms with E-state index in [4.69, 9.17) is 11.6 Å². The van der Waals surface area contributed by atoms with Gasteiger partial charge < -0.3 is 10.2 Å². The Balaban J connectivity index is 1.82. The van der Waals surface area contributed by atoms with Crippen molar-refractivity contribution in [3.05, 3.63) is 81.5 Å². The first-order chi connectivity index (χ1) is 14.7. The van der Waals surface area contributed by atoms with Crippen LogP contribution in [0.15, 0.2) is 70.9 Å². The third-order valence-corrected chi connectivity index (χ3v) is 8.00. The zero-order valence-electron chi connectivity index (χ0n) is 17.4. The van der Waals surface area contributed by atoms with Crippen LogP contribution >= 0.6 is 22.9 Å². The fourth-order valence-electron chi connectivity index (χ4n) is 3.08. The number of likely N-dealkylation sites (N-methyl/N-ethyl adjacent to an activating group) is 1. The monoisotopic (exact) mass is 477 g/mol. The van der Waals surface area contributed by atoms with Gasteiger partial charge in [-0.15, -0.1) is 11.3 Å². The zero-order chi connectivity index (χ0) is 22.6. The van der Waals surface area contributed by atoms with Crippen LogP contribution in [-0.4, -0.2) is 46.9 Å². The molecule has 0 spiro atoms. The van der Waals surface area contributed by atoms with Crippen LogP contribution in [0.3, 0.4) is 0 Å². The van der Waals surface area contributed by atoms with Gasteiger partial charge in [0.05, 0.1) is 27.2 Å². The van der Waals surface area contributed by atoms with E-state index in [0.717, 1.165) is 4.88 Å². The maximum Gasteiger partial charge on any atom is 0.264 e. The Bertz CT molecular complexity index is 1130. The molecule has 31 heavy (non-hydrogen) atoms. The smallest absolute Gasteiger partial charge is 0.264 e. The van der Waals surface area contributed by atoms with E-state index < -0.39 is 15.9 Å². The number of hydrogen-bond acceptors (Lipinski definition) is 5. The van der Waals surface area contributed by atoms with E-state index >= 15 is 0 Å². The molecule has 1 amide bonds. The van der Waals surface area contributed by atoms with Crippen molar-refractivity contribution in [2.24, 2.45) is 0 Å². The maximum atomic E-state index is 13.1. The normalized spacial score (nSPS) is 12.5. The largest absolute Gasteiger partial charge is 0.350 e. The maximum absolute atomic E-state index is 13.1. The van der Waals surface area contributed by atoms with Crippen molar-refractivity contribution in [1.82, 2.24) is 10.2 Å². The number of amides is 1. The summed E-state index contributed by atoms with van der Waals surface area (Å²) < 4.78 is 27.3. The molecule has 164 valence electrons. The molecule has 0 saturated heterocycles. The number of sulfonamides is 1. The van der Waals surface area contributed by atoms with Crippen LogP contribution in [0.5, 0.6) is 0 Å². The number of nitrogens with zero attached hydrogens (tertiary/aromatic N) is 2. The highest BCUT2D eigenvalue weighted by atomic mass is 35.5. The number of rotatable bonds is 8. The molecule has 3 rings (SSSR count). The van der Waals surface area contributed by atoms with Gasteiger partial charge in [0.15, 0.2) is 0 Å². The highest BCUT2D eigenvalue weighted by molar-refractivity contribution is 7.92. The molecule has 1 heterocycles. The molecule has 9 heteroatoms. The van der Waals surface area contributed by atoms with E-state index in [1.807, 2.05) is 42.6 Å². The molecule has 1 N–H and O–H groups in total. The quantitative estimate of drug-likeness (QED) is 0.526. The van der Waals surface area contributed by atoms with Crippen molar-refractivity contribution < 1.29 is 13.2 Å². The van der Waals surface area contributed by atoms with Crippen LogP contribution in [0.4, 0.5) is 5.69 Å². The summed E-state index contributed by atoms with van der Waals surface area (Å²) in [6.45, 7) is 0.365. The second-order valence-electron chi connectivity index (χ2n) is 7.15. The molecular weight excluding hydrogens is 454 g/mol. The first-order valence-corrected chi connectivity index (χ1v) is 12.2. The summed E-state index contributed by atoms with van der Waals surface area (Å²) in [4.78, 5) is 16.0. The Morgan fingerprint density at radius 1 is 1.06 bits per heavy atom. The minimum atomic E-state index is -3.86. The summed E-state index contributed by atoms with van der Waals surface area (Å²) in [7, 11) is 1.50. The van der Waals surface area contributed by atoms with Crippen LogP contribution in [-0.2, 0) is 10.0 Å². The molecule has 6 nitrogen and oxygen atoms in total. The number of para-hydroxylation sites is 1. The van der Waals surface area contributed by atoms with Crippen molar-refractivity contribution in [2.45, 2.75) is 10.9 Å². The van der Waals surface area contributed by atoms with Gasteiger partial charge in [0.2, 0.25) is 0 Å². The summed E-state index contributed by atoms with van der Waals surface area (Å²) in [5, 5.41) is 5.06. The average Bonchev–Trinajstić information content (AvgIpc) is 3.28. The van der Waals surface area contributed by atoms with Gasteiger partial charge in [0, 0.05) is 18.5 Å². The van der Waals surface area contributed by atoms with Gasteiger partial charge in [-0.2, -0.15) is 0 Å². The molecule has 2 aromatic carbocycles. The van der Waals surface area contributed by atoms with Crippen LogP contribution in [0, 0.1) is 0 Å². The fraction of sp³-hybridized carbons (Fsp3) is 0.227. The number of carbonyl (C=O) groups is 1. The van der Waals surface area contributed by atoms with E-state index in [1.54, 1.807) is 35.6 Å². The molecule has 0 aliphatic rings. The molecule has 0 radical (unpaired) electrons. The van der Waals surface area contributed by atoms with E-state index in [0.29, 0.717) is 12.2 Å². The Hall–Kier alpha value is -2.39. The number of thiophene rings is 1. The van der Waals surface area contributed by atoms with E-state index in [9.17, 15) is 13.2 Å². The lowest BCUT2D eigenvalue weighted by Crippen LogP contribution is -2.34. The van der Waals surface area contributed by atoms with Crippen molar-refractivity contribution in [2.75, 3.05) is 32.0 Å². The molecule has 1 aromatic heterocycles. The topological polar surface area (TPSA) is 69.7 Å². The van der Waals surface area contributed by atoms with Crippen LogP contribution < -0.4 is 9.62 Å². The van der Waals surface area contributed by atoms with Gasteiger partial charge in [-0.05, 0) is 55.9 Å². The number of benzene rings is 2. The van der Waals surface area contributed by atoms with Gasteiger partial charge >= 0.3 is 0 Å². The molecule has 0 aliphatic heterocycles. The Morgan fingerprint density at radius 3 is 2.39 bits per heavy atom.